The number of nitrogens with zero attached hydrogens (tertiary/aromatic N) is 3. The van der Waals surface area contributed by atoms with Gasteiger partial charge in [0.15, 0.2) is 5.82 Å². The Labute approximate surface area is 184 Å². The smallest absolute Gasteiger partial charge is 0.261 e. The van der Waals surface area contributed by atoms with Gasteiger partial charge in [-0.05, 0) is 36.6 Å². The number of amides is 2. The van der Waals surface area contributed by atoms with Crippen LogP contribution in [0.1, 0.15) is 39.5 Å². The Balaban J connectivity index is 1.54. The lowest BCUT2D eigenvalue weighted by Crippen LogP contribution is -2.25. The molecule has 0 aliphatic carbocycles. The van der Waals surface area contributed by atoms with Crippen LogP contribution in [0, 0.1) is 6.92 Å². The molecule has 4 rings (SSSR count). The minimum Gasteiger partial charge on any atom is -0.480 e. The molecule has 1 fully saturated rings. The first-order valence-electron chi connectivity index (χ1n) is 10.0. The molecular formula is C22H24N4O4S. The largest absolute Gasteiger partial charge is 0.480 e. The summed E-state index contributed by atoms with van der Waals surface area (Å²) < 4.78 is 10.5. The molecule has 1 aromatic carbocycles. The number of fused-ring (bicyclic) bond motifs is 1. The Morgan fingerprint density at radius 3 is 2.84 bits per heavy atom. The summed E-state index contributed by atoms with van der Waals surface area (Å²) >= 11 is 1.31. The molecule has 3 heterocycles. The van der Waals surface area contributed by atoms with Crippen LogP contribution in [-0.2, 0) is 22.7 Å². The normalized spacial score (nSPS) is 13.8. The Bertz CT molecular complexity index is 1140. The van der Waals surface area contributed by atoms with Gasteiger partial charge in [-0.15, -0.1) is 11.3 Å². The highest BCUT2D eigenvalue weighted by molar-refractivity contribution is 7.20. The Morgan fingerprint density at radius 2 is 2.13 bits per heavy atom. The van der Waals surface area contributed by atoms with Gasteiger partial charge in [-0.25, -0.2) is 4.98 Å². The molecule has 31 heavy (non-hydrogen) atoms. The second-order valence-corrected chi connectivity index (χ2v) is 8.32. The van der Waals surface area contributed by atoms with E-state index >= 15 is 0 Å². The molecule has 0 spiro atoms. The van der Waals surface area contributed by atoms with Crippen molar-refractivity contribution in [3.63, 3.8) is 0 Å². The Kier molecular flexibility index (Phi) is 6.15. The van der Waals surface area contributed by atoms with Gasteiger partial charge in [-0.3, -0.25) is 9.59 Å². The van der Waals surface area contributed by atoms with Crippen molar-refractivity contribution in [2.45, 2.75) is 32.9 Å². The second-order valence-electron chi connectivity index (χ2n) is 7.32. The summed E-state index contributed by atoms with van der Waals surface area (Å²) in [7, 11) is 3.13. The molecule has 0 atom stereocenters. The molecule has 162 valence electrons. The molecule has 0 unspecified atom stereocenters. The maximum absolute atomic E-state index is 12.9. The van der Waals surface area contributed by atoms with E-state index < -0.39 is 0 Å². The highest BCUT2D eigenvalue weighted by atomic mass is 32.1. The molecule has 3 aromatic rings. The highest BCUT2D eigenvalue weighted by Gasteiger charge is 2.23. The molecule has 8 nitrogen and oxygen atoms in total. The van der Waals surface area contributed by atoms with Crippen LogP contribution < -0.4 is 15.0 Å². The van der Waals surface area contributed by atoms with E-state index in [1.807, 2.05) is 31.2 Å². The summed E-state index contributed by atoms with van der Waals surface area (Å²) in [4.78, 5) is 36.9. The van der Waals surface area contributed by atoms with Gasteiger partial charge in [-0.1, -0.05) is 12.1 Å². The molecule has 1 saturated heterocycles. The van der Waals surface area contributed by atoms with Crippen LogP contribution in [0.4, 0.5) is 5.69 Å². The summed E-state index contributed by atoms with van der Waals surface area (Å²) in [6.07, 6.45) is 1.47. The number of ether oxygens (including phenoxy) is 2. The number of hydrogen-bond acceptors (Lipinski definition) is 7. The number of hydrogen-bond donors (Lipinski definition) is 1. The van der Waals surface area contributed by atoms with Crippen molar-refractivity contribution in [1.82, 2.24) is 15.3 Å². The van der Waals surface area contributed by atoms with Gasteiger partial charge in [0.05, 0.1) is 17.4 Å². The van der Waals surface area contributed by atoms with E-state index in [9.17, 15) is 9.59 Å². The Morgan fingerprint density at radius 1 is 1.29 bits per heavy atom. The average Bonchev–Trinajstić information content (AvgIpc) is 3.35. The molecule has 2 aromatic heterocycles. The number of carbonyl (C=O) groups excluding carboxylic acids is 2. The van der Waals surface area contributed by atoms with Crippen LogP contribution in [0.25, 0.3) is 10.2 Å². The third-order valence-corrected chi connectivity index (χ3v) is 6.41. The van der Waals surface area contributed by atoms with Crippen LogP contribution >= 0.6 is 11.3 Å². The lowest BCUT2D eigenvalue weighted by molar-refractivity contribution is -0.117. The zero-order valence-electron chi connectivity index (χ0n) is 17.7. The van der Waals surface area contributed by atoms with Crippen molar-refractivity contribution < 1.29 is 19.1 Å². The molecule has 0 saturated carbocycles. The predicted octanol–water partition coefficient (Wildman–Crippen LogP) is 3.21. The van der Waals surface area contributed by atoms with Gasteiger partial charge in [0, 0.05) is 32.3 Å². The van der Waals surface area contributed by atoms with Crippen molar-refractivity contribution in [3.05, 3.63) is 46.1 Å². The highest BCUT2D eigenvalue weighted by Crippen LogP contribution is 2.35. The maximum Gasteiger partial charge on any atom is 0.261 e. The van der Waals surface area contributed by atoms with Gasteiger partial charge >= 0.3 is 0 Å². The van der Waals surface area contributed by atoms with E-state index in [1.165, 1.54) is 11.3 Å². The number of carbonyl (C=O) groups is 2. The molecule has 1 aliphatic rings. The van der Waals surface area contributed by atoms with E-state index in [2.05, 4.69) is 15.3 Å². The topological polar surface area (TPSA) is 93.7 Å². The average molecular weight is 441 g/mol. The molecule has 2 amide bonds. The lowest BCUT2D eigenvalue weighted by atomic mass is 10.1. The standard InChI is InChI=1S/C22H24N4O4S/c1-13-18-21(30-3)24-16(12-29-2)25-22(18)31-19(13)20(28)23-11-14-6-4-7-15(10-14)26-9-5-8-17(26)27/h4,6-7,10H,5,8-9,11-12H2,1-3H3,(H,23,28). The molecule has 0 bridgehead atoms. The summed E-state index contributed by atoms with van der Waals surface area (Å²) in [5, 5.41) is 3.72. The summed E-state index contributed by atoms with van der Waals surface area (Å²) in [6, 6.07) is 7.72. The summed E-state index contributed by atoms with van der Waals surface area (Å²) in [6.45, 7) is 3.24. The number of benzene rings is 1. The quantitative estimate of drug-likeness (QED) is 0.606. The monoisotopic (exact) mass is 440 g/mol. The van der Waals surface area contributed by atoms with Gasteiger partial charge in [0.1, 0.15) is 11.4 Å². The minimum atomic E-state index is -0.182. The van der Waals surface area contributed by atoms with Crippen LogP contribution in [0.3, 0.4) is 0 Å². The zero-order chi connectivity index (χ0) is 22.0. The number of thiophene rings is 1. The zero-order valence-corrected chi connectivity index (χ0v) is 18.5. The van der Waals surface area contributed by atoms with E-state index in [0.717, 1.165) is 35.2 Å². The minimum absolute atomic E-state index is 0.144. The first-order chi connectivity index (χ1) is 15.0. The number of anilines is 1. The maximum atomic E-state index is 12.9. The Hall–Kier alpha value is -3.04. The van der Waals surface area contributed by atoms with Crippen LogP contribution in [0.2, 0.25) is 0 Å². The van der Waals surface area contributed by atoms with E-state index in [-0.39, 0.29) is 18.4 Å². The van der Waals surface area contributed by atoms with E-state index in [1.54, 1.807) is 19.1 Å². The van der Waals surface area contributed by atoms with Gasteiger partial charge in [0.25, 0.3) is 5.91 Å². The third-order valence-electron chi connectivity index (χ3n) is 5.23. The van der Waals surface area contributed by atoms with Crippen molar-refractivity contribution >= 4 is 39.1 Å². The van der Waals surface area contributed by atoms with Crippen LogP contribution in [0.5, 0.6) is 5.88 Å². The SMILES string of the molecule is COCc1nc(OC)c2c(C)c(C(=O)NCc3cccc(N4CCCC4=O)c3)sc2n1. The summed E-state index contributed by atoms with van der Waals surface area (Å²) in [5.74, 6) is 0.907. The molecule has 1 aliphatic heterocycles. The van der Waals surface area contributed by atoms with Crippen molar-refractivity contribution in [2.24, 2.45) is 0 Å². The first-order valence-corrected chi connectivity index (χ1v) is 10.8. The molecule has 9 heteroatoms. The first kappa shape index (κ1) is 21.2. The number of rotatable bonds is 7. The second kappa shape index (κ2) is 8.99. The number of aromatic nitrogens is 2. The van der Waals surface area contributed by atoms with Crippen LogP contribution in [0.15, 0.2) is 24.3 Å². The predicted molar refractivity (Wildman–Crippen MR) is 119 cm³/mol. The fraction of sp³-hybridized carbons (Fsp3) is 0.364. The van der Waals surface area contributed by atoms with E-state index in [4.69, 9.17) is 9.47 Å². The van der Waals surface area contributed by atoms with Crippen molar-refractivity contribution in [3.8, 4) is 5.88 Å². The number of aryl methyl sites for hydroxylation is 1. The fourth-order valence-electron chi connectivity index (χ4n) is 3.72. The molecule has 0 radical (unpaired) electrons. The van der Waals surface area contributed by atoms with Crippen molar-refractivity contribution in [1.29, 1.82) is 0 Å². The fourth-order valence-corrected chi connectivity index (χ4v) is 4.83. The third kappa shape index (κ3) is 4.24. The molecular weight excluding hydrogens is 416 g/mol. The molecule has 1 N–H and O–H groups in total. The van der Waals surface area contributed by atoms with Gasteiger partial charge in [0.2, 0.25) is 11.8 Å². The lowest BCUT2D eigenvalue weighted by Gasteiger charge is -2.16. The van der Waals surface area contributed by atoms with Gasteiger partial charge < -0.3 is 19.7 Å². The van der Waals surface area contributed by atoms with Crippen LogP contribution in [-0.4, -0.2) is 42.5 Å². The van der Waals surface area contributed by atoms with Gasteiger partial charge in [-0.2, -0.15) is 4.98 Å². The summed E-state index contributed by atoms with van der Waals surface area (Å²) in [5.41, 5.74) is 2.59. The number of nitrogens with one attached hydrogen (secondary N) is 1. The van der Waals surface area contributed by atoms with E-state index in [0.29, 0.717) is 34.4 Å². The van der Waals surface area contributed by atoms with Crippen molar-refractivity contribution in [2.75, 3.05) is 25.7 Å². The number of methoxy groups -OCH3 is 2.